The summed E-state index contributed by atoms with van der Waals surface area (Å²) in [7, 11) is 0. The first-order valence-corrected chi connectivity index (χ1v) is 5.98. The molecule has 2 N–H and O–H groups in total. The van der Waals surface area contributed by atoms with Gasteiger partial charge in [0.2, 0.25) is 0 Å². The van der Waals surface area contributed by atoms with Crippen molar-refractivity contribution in [1.29, 1.82) is 5.26 Å². The summed E-state index contributed by atoms with van der Waals surface area (Å²) in [5.74, 6) is 1.04. The van der Waals surface area contributed by atoms with Crippen LogP contribution in [0.5, 0.6) is 11.5 Å². The van der Waals surface area contributed by atoms with Crippen LogP contribution in [0.3, 0.4) is 0 Å². The van der Waals surface area contributed by atoms with Gasteiger partial charge in [-0.3, -0.25) is 4.98 Å². The van der Waals surface area contributed by atoms with E-state index in [-0.39, 0.29) is 0 Å². The Morgan fingerprint density at radius 2 is 2.17 bits per heavy atom. The largest absolute Gasteiger partial charge is 0.454 e. The summed E-state index contributed by atoms with van der Waals surface area (Å²) in [6.07, 6.45) is 3.33. The van der Waals surface area contributed by atoms with E-state index in [0.717, 1.165) is 5.56 Å². The maximum Gasteiger partial charge on any atom is 0.146 e. The minimum Gasteiger partial charge on any atom is -0.454 e. The molecule has 2 rings (SSSR count). The molecule has 1 heterocycles. The standard InChI is InChI=1S/C13H10BrN3O/c1-8-4-9(7-17-6-8)18-12-3-2-11(16)13(14)10(12)5-15/h2-4,6-7H,16H2,1H3. The Hall–Kier alpha value is -2.06. The zero-order valence-electron chi connectivity index (χ0n) is 9.64. The lowest BCUT2D eigenvalue weighted by molar-refractivity contribution is 0.478. The molecule has 0 aliphatic rings. The van der Waals surface area contributed by atoms with Gasteiger partial charge in [-0.1, -0.05) is 0 Å². The van der Waals surface area contributed by atoms with E-state index >= 15 is 0 Å². The normalized spacial score (nSPS) is 9.83. The van der Waals surface area contributed by atoms with Gasteiger partial charge in [0.1, 0.15) is 23.1 Å². The number of pyridine rings is 1. The van der Waals surface area contributed by atoms with Crippen molar-refractivity contribution in [2.75, 3.05) is 5.73 Å². The average Bonchev–Trinajstić information content (AvgIpc) is 2.34. The highest BCUT2D eigenvalue weighted by Gasteiger charge is 2.11. The quantitative estimate of drug-likeness (QED) is 0.863. The van der Waals surface area contributed by atoms with Crippen LogP contribution in [0.2, 0.25) is 0 Å². The molecule has 2 aromatic rings. The monoisotopic (exact) mass is 303 g/mol. The smallest absolute Gasteiger partial charge is 0.146 e. The second-order valence-electron chi connectivity index (χ2n) is 3.75. The summed E-state index contributed by atoms with van der Waals surface area (Å²) in [6, 6.07) is 7.26. The molecular formula is C13H10BrN3O. The molecule has 5 heteroatoms. The topological polar surface area (TPSA) is 71.9 Å². The molecule has 0 amide bonds. The van der Waals surface area contributed by atoms with Gasteiger partial charge < -0.3 is 10.5 Å². The summed E-state index contributed by atoms with van der Waals surface area (Å²) < 4.78 is 6.19. The van der Waals surface area contributed by atoms with Crippen LogP contribution in [-0.2, 0) is 0 Å². The molecule has 1 aromatic carbocycles. The fourth-order valence-corrected chi connectivity index (χ4v) is 1.89. The number of rotatable bonds is 2. The molecule has 0 atom stereocenters. The summed E-state index contributed by atoms with van der Waals surface area (Å²) >= 11 is 3.28. The molecule has 1 aromatic heterocycles. The molecule has 0 aliphatic carbocycles. The zero-order chi connectivity index (χ0) is 13.1. The van der Waals surface area contributed by atoms with Crippen LogP contribution in [0.15, 0.2) is 35.1 Å². The summed E-state index contributed by atoms with van der Waals surface area (Å²) in [4.78, 5) is 4.03. The lowest BCUT2D eigenvalue weighted by Crippen LogP contribution is -1.94. The second kappa shape index (κ2) is 5.07. The number of anilines is 1. The van der Waals surface area contributed by atoms with Crippen molar-refractivity contribution in [2.45, 2.75) is 6.92 Å². The van der Waals surface area contributed by atoms with Gasteiger partial charge in [0, 0.05) is 11.9 Å². The maximum atomic E-state index is 9.13. The van der Waals surface area contributed by atoms with Crippen molar-refractivity contribution < 1.29 is 4.74 Å². The van der Waals surface area contributed by atoms with E-state index in [1.165, 1.54) is 0 Å². The molecule has 0 radical (unpaired) electrons. The van der Waals surface area contributed by atoms with Crippen molar-refractivity contribution in [3.8, 4) is 17.6 Å². The predicted molar refractivity (Wildman–Crippen MR) is 72.3 cm³/mol. The number of nitrogens with zero attached hydrogens (tertiary/aromatic N) is 2. The van der Waals surface area contributed by atoms with Crippen molar-refractivity contribution in [2.24, 2.45) is 0 Å². The van der Waals surface area contributed by atoms with Gasteiger partial charge >= 0.3 is 0 Å². The molecule has 0 aliphatic heterocycles. The lowest BCUT2D eigenvalue weighted by atomic mass is 10.2. The number of halogens is 1. The number of ether oxygens (including phenoxy) is 1. The molecule has 0 fully saturated rings. The Bertz CT molecular complexity index is 635. The molecule has 0 bridgehead atoms. The van der Waals surface area contributed by atoms with Gasteiger partial charge in [-0.25, -0.2) is 0 Å². The Balaban J connectivity index is 2.42. The molecule has 0 saturated heterocycles. The number of nitrogen functional groups attached to an aromatic ring is 1. The molecule has 0 spiro atoms. The molecular weight excluding hydrogens is 294 g/mol. The van der Waals surface area contributed by atoms with Gasteiger partial charge in [0.25, 0.3) is 0 Å². The number of aryl methyl sites for hydroxylation is 1. The number of nitriles is 1. The second-order valence-corrected chi connectivity index (χ2v) is 4.55. The Morgan fingerprint density at radius 3 is 2.83 bits per heavy atom. The maximum absolute atomic E-state index is 9.13. The fraction of sp³-hybridized carbons (Fsp3) is 0.0769. The number of hydrogen-bond donors (Lipinski definition) is 1. The first-order chi connectivity index (χ1) is 8.61. The fourth-order valence-electron chi connectivity index (χ4n) is 1.47. The highest BCUT2D eigenvalue weighted by molar-refractivity contribution is 9.10. The molecule has 0 saturated carbocycles. The van der Waals surface area contributed by atoms with Crippen molar-refractivity contribution >= 4 is 21.6 Å². The number of hydrogen-bond acceptors (Lipinski definition) is 4. The molecule has 90 valence electrons. The molecule has 18 heavy (non-hydrogen) atoms. The van der Waals surface area contributed by atoms with Gasteiger partial charge in [-0.15, -0.1) is 0 Å². The Morgan fingerprint density at radius 1 is 1.39 bits per heavy atom. The van der Waals surface area contributed by atoms with Crippen LogP contribution in [0.25, 0.3) is 0 Å². The Kier molecular flexibility index (Phi) is 3.49. The number of benzene rings is 1. The highest BCUT2D eigenvalue weighted by atomic mass is 79.9. The Labute approximate surface area is 113 Å². The predicted octanol–water partition coefficient (Wildman–Crippen LogP) is 3.40. The van der Waals surface area contributed by atoms with E-state index in [0.29, 0.717) is 27.2 Å². The third-order valence-electron chi connectivity index (χ3n) is 2.32. The zero-order valence-corrected chi connectivity index (χ0v) is 11.2. The first-order valence-electron chi connectivity index (χ1n) is 5.19. The van der Waals surface area contributed by atoms with Crippen LogP contribution in [0, 0.1) is 18.3 Å². The van der Waals surface area contributed by atoms with Gasteiger partial charge in [-0.2, -0.15) is 5.26 Å². The van der Waals surface area contributed by atoms with Crippen LogP contribution in [0.4, 0.5) is 5.69 Å². The van der Waals surface area contributed by atoms with Gasteiger partial charge in [0.05, 0.1) is 10.7 Å². The molecule has 0 unspecified atom stereocenters. The van der Waals surface area contributed by atoms with E-state index in [9.17, 15) is 0 Å². The third-order valence-corrected chi connectivity index (χ3v) is 3.18. The van der Waals surface area contributed by atoms with Crippen LogP contribution in [-0.4, -0.2) is 4.98 Å². The van der Waals surface area contributed by atoms with Crippen molar-refractivity contribution in [1.82, 2.24) is 4.98 Å². The van der Waals surface area contributed by atoms with Crippen molar-refractivity contribution in [3.05, 3.63) is 46.2 Å². The third kappa shape index (κ3) is 2.44. The van der Waals surface area contributed by atoms with E-state index in [4.69, 9.17) is 15.7 Å². The lowest BCUT2D eigenvalue weighted by Gasteiger charge is -2.09. The van der Waals surface area contributed by atoms with E-state index in [1.54, 1.807) is 24.5 Å². The van der Waals surface area contributed by atoms with Gasteiger partial charge in [0.15, 0.2) is 0 Å². The highest BCUT2D eigenvalue weighted by Crippen LogP contribution is 2.33. The molecule has 4 nitrogen and oxygen atoms in total. The van der Waals surface area contributed by atoms with Crippen molar-refractivity contribution in [3.63, 3.8) is 0 Å². The van der Waals surface area contributed by atoms with E-state index < -0.39 is 0 Å². The van der Waals surface area contributed by atoms with Gasteiger partial charge in [-0.05, 0) is 46.6 Å². The van der Waals surface area contributed by atoms with Crippen LogP contribution in [0.1, 0.15) is 11.1 Å². The SMILES string of the molecule is Cc1cncc(Oc2ccc(N)c(Br)c2C#N)c1. The average molecular weight is 304 g/mol. The number of nitrogens with two attached hydrogens (primary N) is 1. The minimum absolute atomic E-state index is 0.372. The summed E-state index contributed by atoms with van der Waals surface area (Å²) in [6.45, 7) is 1.92. The van der Waals surface area contributed by atoms with E-state index in [1.807, 2.05) is 13.0 Å². The van der Waals surface area contributed by atoms with E-state index in [2.05, 4.69) is 27.0 Å². The van der Waals surface area contributed by atoms with Crippen LogP contribution >= 0.6 is 15.9 Å². The summed E-state index contributed by atoms with van der Waals surface area (Å²) in [5.41, 5.74) is 7.58. The summed E-state index contributed by atoms with van der Waals surface area (Å²) in [5, 5.41) is 9.13. The number of aromatic nitrogens is 1. The minimum atomic E-state index is 0.372. The van der Waals surface area contributed by atoms with Crippen LogP contribution < -0.4 is 10.5 Å². The first kappa shape index (κ1) is 12.4.